The molecule has 0 bridgehead atoms. The summed E-state index contributed by atoms with van der Waals surface area (Å²) < 4.78 is 13.9. The van der Waals surface area contributed by atoms with E-state index in [2.05, 4.69) is 22.6 Å². The fraction of sp³-hybridized carbons (Fsp3) is 0.0909. The van der Waals surface area contributed by atoms with Gasteiger partial charge in [-0.25, -0.2) is 4.39 Å². The molecule has 4 heteroatoms. The molecule has 2 aromatic rings. The molecule has 0 amide bonds. The number of alkyl halides is 1. The highest BCUT2D eigenvalue weighted by Crippen LogP contribution is 2.35. The van der Waals surface area contributed by atoms with Gasteiger partial charge in [-0.2, -0.15) is 0 Å². The molecule has 78 valence electrons. The first kappa shape index (κ1) is 11.4. The van der Waals surface area contributed by atoms with Gasteiger partial charge in [0.15, 0.2) is 0 Å². The van der Waals surface area contributed by atoms with E-state index in [1.165, 1.54) is 12.1 Å². The lowest BCUT2D eigenvalue weighted by molar-refractivity contribution is 0.627. The van der Waals surface area contributed by atoms with E-state index >= 15 is 0 Å². The van der Waals surface area contributed by atoms with Crippen LogP contribution >= 0.6 is 45.5 Å². The molecule has 15 heavy (non-hydrogen) atoms. The molecule has 0 saturated carbocycles. The summed E-state index contributed by atoms with van der Waals surface area (Å²) in [7, 11) is 0. The summed E-state index contributed by atoms with van der Waals surface area (Å²) in [4.78, 5) is 1.11. The van der Waals surface area contributed by atoms with Gasteiger partial charge in [-0.05, 0) is 51.7 Å². The second kappa shape index (κ2) is 4.80. The Bertz CT molecular complexity index is 452. The van der Waals surface area contributed by atoms with Crippen LogP contribution in [0.25, 0.3) is 0 Å². The zero-order chi connectivity index (χ0) is 10.8. The minimum Gasteiger partial charge on any atom is -0.207 e. The maximum Gasteiger partial charge on any atom is 0.123 e. The standard InChI is InChI=1S/C11H7ClFIS/c12-10(11-9(14)5-6-15-11)7-1-3-8(13)4-2-7/h1-6,10H. The number of halogens is 3. The summed E-state index contributed by atoms with van der Waals surface area (Å²) in [5, 5.41) is 1.83. The van der Waals surface area contributed by atoms with E-state index < -0.39 is 0 Å². The third-order valence-corrected chi connectivity index (χ3v) is 4.93. The molecule has 0 N–H and O–H groups in total. The molecule has 0 saturated heterocycles. The van der Waals surface area contributed by atoms with Crippen molar-refractivity contribution >= 4 is 45.5 Å². The molecule has 0 radical (unpaired) electrons. The van der Waals surface area contributed by atoms with Crippen LogP contribution in [0.5, 0.6) is 0 Å². The van der Waals surface area contributed by atoms with E-state index in [9.17, 15) is 4.39 Å². The van der Waals surface area contributed by atoms with Crippen molar-refractivity contribution in [1.29, 1.82) is 0 Å². The van der Waals surface area contributed by atoms with Gasteiger partial charge in [0.2, 0.25) is 0 Å². The van der Waals surface area contributed by atoms with Crippen molar-refractivity contribution in [2.45, 2.75) is 5.38 Å². The maximum atomic E-state index is 12.7. The first-order valence-electron chi connectivity index (χ1n) is 4.31. The van der Waals surface area contributed by atoms with Crippen molar-refractivity contribution in [2.75, 3.05) is 0 Å². The molecule has 1 unspecified atom stereocenters. The molecule has 0 spiro atoms. The highest BCUT2D eigenvalue weighted by atomic mass is 127. The van der Waals surface area contributed by atoms with E-state index in [1.54, 1.807) is 23.5 Å². The van der Waals surface area contributed by atoms with Gasteiger partial charge < -0.3 is 0 Å². The largest absolute Gasteiger partial charge is 0.207 e. The van der Waals surface area contributed by atoms with E-state index in [1.807, 2.05) is 11.4 Å². The van der Waals surface area contributed by atoms with Gasteiger partial charge >= 0.3 is 0 Å². The summed E-state index contributed by atoms with van der Waals surface area (Å²) in [5.41, 5.74) is 0.929. The normalized spacial score (nSPS) is 12.7. The van der Waals surface area contributed by atoms with Gasteiger partial charge in [0.1, 0.15) is 5.82 Å². The van der Waals surface area contributed by atoms with Crippen LogP contribution in [0.1, 0.15) is 15.8 Å². The molecule has 0 aliphatic rings. The van der Waals surface area contributed by atoms with Gasteiger partial charge in [-0.15, -0.1) is 22.9 Å². The summed E-state index contributed by atoms with van der Waals surface area (Å²) in [6.45, 7) is 0. The van der Waals surface area contributed by atoms with E-state index in [0.29, 0.717) is 0 Å². The van der Waals surface area contributed by atoms with Crippen LogP contribution in [-0.4, -0.2) is 0 Å². The third-order valence-electron chi connectivity index (χ3n) is 2.04. The van der Waals surface area contributed by atoms with Crippen LogP contribution in [0.15, 0.2) is 35.7 Å². The van der Waals surface area contributed by atoms with Gasteiger partial charge in [0, 0.05) is 8.45 Å². The zero-order valence-electron chi connectivity index (χ0n) is 7.58. The monoisotopic (exact) mass is 352 g/mol. The third kappa shape index (κ3) is 2.52. The molecule has 0 aliphatic heterocycles. The van der Waals surface area contributed by atoms with Crippen LogP contribution in [0.3, 0.4) is 0 Å². The lowest BCUT2D eigenvalue weighted by Gasteiger charge is -2.08. The van der Waals surface area contributed by atoms with Gasteiger partial charge in [0.25, 0.3) is 0 Å². The number of benzene rings is 1. The van der Waals surface area contributed by atoms with Crippen LogP contribution in [0.2, 0.25) is 0 Å². The fourth-order valence-corrected chi connectivity index (χ4v) is 3.77. The highest BCUT2D eigenvalue weighted by Gasteiger charge is 2.14. The summed E-state index contributed by atoms with van der Waals surface area (Å²) in [6.07, 6.45) is 0. The Hall–Kier alpha value is -0.130. The van der Waals surface area contributed by atoms with Crippen molar-refractivity contribution in [3.63, 3.8) is 0 Å². The molecule has 1 atom stereocenters. The Kier molecular flexibility index (Phi) is 3.64. The van der Waals surface area contributed by atoms with Crippen LogP contribution in [0, 0.1) is 9.39 Å². The first-order valence-corrected chi connectivity index (χ1v) is 6.70. The Morgan fingerprint density at radius 3 is 2.40 bits per heavy atom. The van der Waals surface area contributed by atoms with E-state index in [4.69, 9.17) is 11.6 Å². The minimum absolute atomic E-state index is 0.183. The summed E-state index contributed by atoms with van der Waals surface area (Å²) in [6, 6.07) is 8.35. The van der Waals surface area contributed by atoms with Crippen molar-refractivity contribution in [1.82, 2.24) is 0 Å². The van der Waals surface area contributed by atoms with Crippen LogP contribution in [0.4, 0.5) is 4.39 Å². The molecule has 2 rings (SSSR count). The van der Waals surface area contributed by atoms with Crippen molar-refractivity contribution < 1.29 is 4.39 Å². The van der Waals surface area contributed by atoms with Gasteiger partial charge in [-0.1, -0.05) is 12.1 Å². The topological polar surface area (TPSA) is 0 Å². The predicted molar refractivity (Wildman–Crippen MR) is 71.1 cm³/mol. The maximum absolute atomic E-state index is 12.7. The smallest absolute Gasteiger partial charge is 0.123 e. The summed E-state index contributed by atoms with van der Waals surface area (Å²) in [5.74, 6) is -0.233. The number of rotatable bonds is 2. The second-order valence-corrected chi connectivity index (χ2v) is 5.59. The Labute approximate surface area is 110 Å². The number of hydrogen-bond donors (Lipinski definition) is 0. The van der Waals surface area contributed by atoms with E-state index in [-0.39, 0.29) is 11.2 Å². The molecule has 0 fully saturated rings. The quantitative estimate of drug-likeness (QED) is 0.537. The minimum atomic E-state index is -0.233. The van der Waals surface area contributed by atoms with Crippen molar-refractivity contribution in [3.05, 3.63) is 55.5 Å². The van der Waals surface area contributed by atoms with Gasteiger partial charge in [0.05, 0.1) is 5.38 Å². The van der Waals surface area contributed by atoms with E-state index in [0.717, 1.165) is 14.0 Å². The number of thiophene rings is 1. The fourth-order valence-electron chi connectivity index (χ4n) is 1.27. The van der Waals surface area contributed by atoms with Crippen molar-refractivity contribution in [3.8, 4) is 0 Å². The Balaban J connectivity index is 2.32. The Morgan fingerprint density at radius 1 is 1.20 bits per heavy atom. The average Bonchev–Trinajstić information content (AvgIpc) is 2.65. The molecular formula is C11H7ClFIS. The number of hydrogen-bond acceptors (Lipinski definition) is 1. The first-order chi connectivity index (χ1) is 7.18. The SMILES string of the molecule is Fc1ccc(C(Cl)c2sccc2I)cc1. The summed E-state index contributed by atoms with van der Waals surface area (Å²) >= 11 is 10.2. The highest BCUT2D eigenvalue weighted by molar-refractivity contribution is 14.1. The molecular weight excluding hydrogens is 346 g/mol. The zero-order valence-corrected chi connectivity index (χ0v) is 11.3. The van der Waals surface area contributed by atoms with Crippen LogP contribution in [-0.2, 0) is 0 Å². The molecule has 1 aromatic carbocycles. The lowest BCUT2D eigenvalue weighted by atomic mass is 10.1. The second-order valence-electron chi connectivity index (χ2n) is 3.05. The predicted octanol–water partition coefficient (Wildman–Crippen LogP) is 4.82. The molecule has 0 aliphatic carbocycles. The molecule has 0 nitrogen and oxygen atoms in total. The average molecular weight is 353 g/mol. The molecule has 1 heterocycles. The van der Waals surface area contributed by atoms with Gasteiger partial charge in [-0.3, -0.25) is 0 Å². The van der Waals surface area contributed by atoms with Crippen LogP contribution < -0.4 is 0 Å². The van der Waals surface area contributed by atoms with Crippen molar-refractivity contribution in [2.24, 2.45) is 0 Å². The molecule has 1 aromatic heterocycles. The lowest BCUT2D eigenvalue weighted by Crippen LogP contribution is -1.92. The Morgan fingerprint density at radius 2 is 1.87 bits per heavy atom.